The van der Waals surface area contributed by atoms with Crippen LogP contribution in [-0.4, -0.2) is 29.2 Å². The first-order valence-corrected chi connectivity index (χ1v) is 6.72. The molecule has 1 amide bonds. The molecule has 1 aromatic rings. The van der Waals surface area contributed by atoms with Gasteiger partial charge in [0.2, 0.25) is 0 Å². The Labute approximate surface area is 109 Å². The summed E-state index contributed by atoms with van der Waals surface area (Å²) < 4.78 is 0. The summed E-state index contributed by atoms with van der Waals surface area (Å²) in [6.45, 7) is 1.65. The molecule has 4 heteroatoms. The molecule has 0 aliphatic carbocycles. The Kier molecular flexibility index (Phi) is 3.80. The third-order valence-corrected chi connectivity index (χ3v) is 3.97. The molecular weight excluding hydrogens is 280 g/mol. The van der Waals surface area contributed by atoms with Crippen molar-refractivity contribution in [1.29, 1.82) is 5.26 Å². The molecule has 1 atom stereocenters. The highest BCUT2D eigenvalue weighted by Gasteiger charge is 2.25. The highest BCUT2D eigenvalue weighted by molar-refractivity contribution is 9.09. The molecule has 3 nitrogen and oxygen atoms in total. The summed E-state index contributed by atoms with van der Waals surface area (Å²) in [5.74, 6) is 0.635. The van der Waals surface area contributed by atoms with E-state index in [0.29, 0.717) is 17.0 Å². The van der Waals surface area contributed by atoms with Crippen molar-refractivity contribution >= 4 is 21.8 Å². The van der Waals surface area contributed by atoms with Crippen molar-refractivity contribution in [1.82, 2.24) is 4.90 Å². The number of halogens is 1. The number of hydrogen-bond donors (Lipinski definition) is 0. The van der Waals surface area contributed by atoms with Gasteiger partial charge in [0, 0.05) is 24.0 Å². The molecule has 0 radical (unpaired) electrons. The largest absolute Gasteiger partial charge is 0.338 e. The van der Waals surface area contributed by atoms with Crippen LogP contribution >= 0.6 is 15.9 Å². The minimum Gasteiger partial charge on any atom is -0.338 e. The van der Waals surface area contributed by atoms with E-state index in [2.05, 4.69) is 15.9 Å². The third-order valence-electron chi connectivity index (χ3n) is 3.05. The Morgan fingerprint density at radius 1 is 1.47 bits per heavy atom. The van der Waals surface area contributed by atoms with E-state index in [1.165, 1.54) is 0 Å². The van der Waals surface area contributed by atoms with Crippen LogP contribution in [0.25, 0.3) is 0 Å². The maximum absolute atomic E-state index is 12.1. The molecule has 1 unspecified atom stereocenters. The van der Waals surface area contributed by atoms with Crippen molar-refractivity contribution in [3.63, 3.8) is 0 Å². The van der Waals surface area contributed by atoms with Crippen molar-refractivity contribution in [3.8, 4) is 6.07 Å². The molecule has 1 fully saturated rings. The van der Waals surface area contributed by atoms with Gasteiger partial charge in [-0.2, -0.15) is 5.26 Å². The standard InChI is InChI=1S/C13H13BrN2O/c14-7-11-5-6-16(9-11)13(17)12-3-1-10(8-15)2-4-12/h1-4,11H,5-7,9H2. The maximum Gasteiger partial charge on any atom is 0.253 e. The van der Waals surface area contributed by atoms with E-state index < -0.39 is 0 Å². The predicted molar refractivity (Wildman–Crippen MR) is 69.0 cm³/mol. The van der Waals surface area contributed by atoms with Crippen molar-refractivity contribution in [2.45, 2.75) is 6.42 Å². The Morgan fingerprint density at radius 2 is 2.18 bits per heavy atom. The van der Waals surface area contributed by atoms with E-state index in [1.807, 2.05) is 11.0 Å². The number of benzene rings is 1. The van der Waals surface area contributed by atoms with Crippen LogP contribution in [0, 0.1) is 17.2 Å². The van der Waals surface area contributed by atoms with Crippen molar-refractivity contribution < 1.29 is 4.79 Å². The Hall–Kier alpha value is -1.34. The Balaban J connectivity index is 2.07. The van der Waals surface area contributed by atoms with E-state index >= 15 is 0 Å². The van der Waals surface area contributed by atoms with Gasteiger partial charge in [-0.1, -0.05) is 15.9 Å². The van der Waals surface area contributed by atoms with Gasteiger partial charge < -0.3 is 4.90 Å². The quantitative estimate of drug-likeness (QED) is 0.786. The molecular formula is C13H13BrN2O. The summed E-state index contributed by atoms with van der Waals surface area (Å²) >= 11 is 3.45. The summed E-state index contributed by atoms with van der Waals surface area (Å²) in [5.41, 5.74) is 1.25. The first-order chi connectivity index (χ1) is 8.24. The Bertz CT molecular complexity index is 449. The molecule has 0 saturated carbocycles. The van der Waals surface area contributed by atoms with Crippen molar-refractivity contribution in [3.05, 3.63) is 35.4 Å². The topological polar surface area (TPSA) is 44.1 Å². The normalized spacial score (nSPS) is 19.1. The van der Waals surface area contributed by atoms with Crippen LogP contribution in [0.4, 0.5) is 0 Å². The van der Waals surface area contributed by atoms with E-state index in [9.17, 15) is 4.79 Å². The minimum atomic E-state index is 0.0675. The zero-order valence-corrected chi connectivity index (χ0v) is 11.0. The summed E-state index contributed by atoms with van der Waals surface area (Å²) in [5, 5.41) is 9.64. The molecule has 0 aromatic heterocycles. The molecule has 17 heavy (non-hydrogen) atoms. The van der Waals surface area contributed by atoms with Crippen LogP contribution in [0.1, 0.15) is 22.3 Å². The van der Waals surface area contributed by atoms with Gasteiger partial charge in [0.05, 0.1) is 11.6 Å². The minimum absolute atomic E-state index is 0.0675. The van der Waals surface area contributed by atoms with Gasteiger partial charge in [0.15, 0.2) is 0 Å². The monoisotopic (exact) mass is 292 g/mol. The fourth-order valence-electron chi connectivity index (χ4n) is 2.01. The molecule has 0 bridgehead atoms. The van der Waals surface area contributed by atoms with Crippen LogP contribution < -0.4 is 0 Å². The second-order valence-corrected chi connectivity index (χ2v) is 4.90. The van der Waals surface area contributed by atoms with E-state index in [1.54, 1.807) is 24.3 Å². The van der Waals surface area contributed by atoms with E-state index in [4.69, 9.17) is 5.26 Å². The molecule has 88 valence electrons. The van der Waals surface area contributed by atoms with Crippen LogP contribution in [-0.2, 0) is 0 Å². The second-order valence-electron chi connectivity index (χ2n) is 4.25. The molecule has 0 spiro atoms. The van der Waals surface area contributed by atoms with Gasteiger partial charge in [-0.15, -0.1) is 0 Å². The van der Waals surface area contributed by atoms with Crippen LogP contribution in [0.15, 0.2) is 24.3 Å². The van der Waals surface area contributed by atoms with Crippen molar-refractivity contribution in [2.75, 3.05) is 18.4 Å². The number of nitrogens with zero attached hydrogens (tertiary/aromatic N) is 2. The van der Waals surface area contributed by atoms with Gasteiger partial charge in [0.1, 0.15) is 0 Å². The number of carbonyl (C=O) groups is 1. The van der Waals surface area contributed by atoms with Gasteiger partial charge in [0.25, 0.3) is 5.91 Å². The summed E-state index contributed by atoms with van der Waals surface area (Å²) in [7, 11) is 0. The predicted octanol–water partition coefficient (Wildman–Crippen LogP) is 2.42. The van der Waals surface area contributed by atoms with E-state index in [-0.39, 0.29) is 5.91 Å². The summed E-state index contributed by atoms with van der Waals surface area (Å²) in [6, 6.07) is 8.87. The van der Waals surface area contributed by atoms with Crippen molar-refractivity contribution in [2.24, 2.45) is 5.92 Å². The van der Waals surface area contributed by atoms with Crippen LogP contribution in [0.2, 0.25) is 0 Å². The molecule has 1 aliphatic heterocycles. The number of carbonyl (C=O) groups excluding carboxylic acids is 1. The van der Waals surface area contributed by atoms with Crippen LogP contribution in [0.5, 0.6) is 0 Å². The number of hydrogen-bond acceptors (Lipinski definition) is 2. The molecule has 1 heterocycles. The first kappa shape index (κ1) is 12.1. The fraction of sp³-hybridized carbons (Fsp3) is 0.385. The number of likely N-dealkylation sites (tertiary alicyclic amines) is 1. The second kappa shape index (κ2) is 5.33. The number of nitriles is 1. The fourth-order valence-corrected chi connectivity index (χ4v) is 2.54. The number of amides is 1. The average molecular weight is 293 g/mol. The number of rotatable bonds is 2. The molecule has 2 rings (SSSR count). The molecule has 1 aromatic carbocycles. The summed E-state index contributed by atoms with van der Waals surface area (Å²) in [4.78, 5) is 14.0. The average Bonchev–Trinajstić information content (AvgIpc) is 2.87. The molecule has 0 N–H and O–H groups in total. The van der Waals surface area contributed by atoms with Crippen LogP contribution in [0.3, 0.4) is 0 Å². The van der Waals surface area contributed by atoms with Gasteiger partial charge in [-0.05, 0) is 36.6 Å². The highest BCUT2D eigenvalue weighted by atomic mass is 79.9. The summed E-state index contributed by atoms with van der Waals surface area (Å²) in [6.07, 6.45) is 1.06. The van der Waals surface area contributed by atoms with E-state index in [0.717, 1.165) is 24.8 Å². The lowest BCUT2D eigenvalue weighted by Gasteiger charge is -2.16. The zero-order valence-electron chi connectivity index (χ0n) is 9.40. The molecule has 1 aliphatic rings. The SMILES string of the molecule is N#Cc1ccc(C(=O)N2CCC(CBr)C2)cc1. The van der Waals surface area contributed by atoms with Gasteiger partial charge >= 0.3 is 0 Å². The number of alkyl halides is 1. The maximum atomic E-state index is 12.1. The highest BCUT2D eigenvalue weighted by Crippen LogP contribution is 2.20. The van der Waals surface area contributed by atoms with Gasteiger partial charge in [-0.3, -0.25) is 4.79 Å². The van der Waals surface area contributed by atoms with Gasteiger partial charge in [-0.25, -0.2) is 0 Å². The zero-order chi connectivity index (χ0) is 12.3. The Morgan fingerprint density at radius 3 is 2.71 bits per heavy atom. The lowest BCUT2D eigenvalue weighted by atomic mass is 10.1. The lowest BCUT2D eigenvalue weighted by molar-refractivity contribution is 0.0788. The third kappa shape index (κ3) is 2.67. The first-order valence-electron chi connectivity index (χ1n) is 5.60. The lowest BCUT2D eigenvalue weighted by Crippen LogP contribution is -2.28. The molecule has 1 saturated heterocycles. The smallest absolute Gasteiger partial charge is 0.253 e.